The van der Waals surface area contributed by atoms with Gasteiger partial charge >= 0.3 is 12.1 Å². The number of carbonyl (C=O) groups excluding carboxylic acids is 8. The SMILES string of the molecule is CC[C@H](C)[C@@H]([C@@H](CC(=O)N1CCC[C@H]1[C@H](OC)[C@@H](C)C(=O)N[C@H](CO)Cc1ccccc1)OC)N(C)C(=O)[C@@H](NC(=O)N1[C@H](CCC(C)[C@H](NC(=O)N2CCNCC2(C)C)C(=O)N(C)[C@@H]([C@@H](C)CC)[C@@H](CC(=O)N2CCC[C@H]2[C@H](OC)[C@@H](C)C(=O)N[C@H](CO)Cc2ccccc2)OC)CN(C)C[C@@H]1C)C(C)C. The van der Waals surface area contributed by atoms with E-state index < -0.39 is 102 Å². The van der Waals surface area contributed by atoms with E-state index in [0.29, 0.717) is 110 Å². The number of hydrogen-bond donors (Lipinski definition) is 7. The van der Waals surface area contributed by atoms with Gasteiger partial charge in [0.05, 0.1) is 104 Å². The van der Waals surface area contributed by atoms with Crippen LogP contribution in [0.15, 0.2) is 60.7 Å². The average molecular weight is 1500 g/mol. The quantitative estimate of drug-likeness (QED) is 0.0393. The topological polar surface area (TPSA) is 297 Å². The Morgan fingerprint density at radius 1 is 0.598 bits per heavy atom. The molecule has 107 heavy (non-hydrogen) atoms. The minimum atomic E-state index is -1.06. The summed E-state index contributed by atoms with van der Waals surface area (Å²) in [6, 6.07) is 12.6. The lowest BCUT2D eigenvalue weighted by Crippen LogP contribution is -2.65. The van der Waals surface area contributed by atoms with Gasteiger partial charge in [-0.25, -0.2) is 9.59 Å². The van der Waals surface area contributed by atoms with Gasteiger partial charge in [0.1, 0.15) is 12.1 Å². The number of amides is 10. The summed E-state index contributed by atoms with van der Waals surface area (Å²) in [5, 5.41) is 36.4. The number of nitrogens with zero attached hydrogens (tertiary/aromatic N) is 7. The fourth-order valence-corrected chi connectivity index (χ4v) is 17.2. The molecule has 4 aliphatic heterocycles. The first-order valence-electron chi connectivity index (χ1n) is 39.6. The first kappa shape index (κ1) is 89.4. The van der Waals surface area contributed by atoms with Gasteiger partial charge in [-0.1, -0.05) is 136 Å². The maximum Gasteiger partial charge on any atom is 0.318 e. The molecule has 7 N–H and O–H groups in total. The minimum absolute atomic E-state index is 0.0596. The van der Waals surface area contributed by atoms with Crippen molar-refractivity contribution in [3.05, 3.63) is 71.8 Å². The Kier molecular flexibility index (Phi) is 35.6. The van der Waals surface area contributed by atoms with Crippen molar-refractivity contribution in [3.63, 3.8) is 0 Å². The molecule has 2 aromatic carbocycles. The molecule has 4 saturated heterocycles. The van der Waals surface area contributed by atoms with Gasteiger partial charge < -0.3 is 90.0 Å². The second kappa shape index (κ2) is 42.6. The van der Waals surface area contributed by atoms with Crippen molar-refractivity contribution < 1.29 is 67.5 Å². The number of rotatable bonds is 39. The molecule has 4 aliphatic rings. The van der Waals surface area contributed by atoms with Gasteiger partial charge in [0.2, 0.25) is 35.4 Å². The van der Waals surface area contributed by atoms with E-state index in [2.05, 4.69) is 31.5 Å². The van der Waals surface area contributed by atoms with Crippen molar-refractivity contribution in [2.75, 3.05) is 109 Å². The lowest BCUT2D eigenvalue weighted by atomic mass is 9.88. The number of likely N-dealkylation sites (tertiary alicyclic amines) is 2. The smallest absolute Gasteiger partial charge is 0.318 e. The van der Waals surface area contributed by atoms with Crippen LogP contribution in [-0.2, 0) is 60.6 Å². The Morgan fingerprint density at radius 3 is 1.44 bits per heavy atom. The number of benzene rings is 2. The van der Waals surface area contributed by atoms with E-state index in [1.54, 1.807) is 80.9 Å². The lowest BCUT2D eigenvalue weighted by Gasteiger charge is -2.46. The van der Waals surface area contributed by atoms with Crippen LogP contribution in [0.2, 0.25) is 0 Å². The number of nitrogens with one attached hydrogen (secondary N) is 5. The number of methoxy groups -OCH3 is 4. The van der Waals surface area contributed by atoms with Crippen LogP contribution in [0.4, 0.5) is 9.59 Å². The van der Waals surface area contributed by atoms with Crippen LogP contribution in [0, 0.1) is 35.5 Å². The van der Waals surface area contributed by atoms with E-state index in [9.17, 15) is 34.2 Å². The van der Waals surface area contributed by atoms with Gasteiger partial charge in [0.25, 0.3) is 0 Å². The van der Waals surface area contributed by atoms with Gasteiger partial charge in [-0.05, 0) is 114 Å². The molecule has 0 aromatic heterocycles. The zero-order chi connectivity index (χ0) is 79.1. The van der Waals surface area contributed by atoms with Gasteiger partial charge in [0.15, 0.2) is 0 Å². The van der Waals surface area contributed by atoms with E-state index in [4.69, 9.17) is 18.9 Å². The van der Waals surface area contributed by atoms with Crippen molar-refractivity contribution in [3.8, 4) is 0 Å². The third kappa shape index (κ3) is 23.5. The Bertz CT molecular complexity index is 3120. The molecular weight excluding hydrogens is 1360 g/mol. The Balaban J connectivity index is 1.19. The summed E-state index contributed by atoms with van der Waals surface area (Å²) in [6.07, 6.45) is 2.62. The summed E-state index contributed by atoms with van der Waals surface area (Å²) in [7, 11) is 11.6. The number of aliphatic hydroxyl groups is 2. The van der Waals surface area contributed by atoms with Crippen molar-refractivity contribution in [2.45, 2.75) is 251 Å². The van der Waals surface area contributed by atoms with E-state index in [1.807, 2.05) is 142 Å². The summed E-state index contributed by atoms with van der Waals surface area (Å²) >= 11 is 0. The number of ether oxygens (including phenoxy) is 4. The Morgan fingerprint density at radius 2 is 1.04 bits per heavy atom. The normalized spacial score (nSPS) is 22.7. The van der Waals surface area contributed by atoms with Crippen LogP contribution in [0.1, 0.15) is 158 Å². The van der Waals surface area contributed by atoms with E-state index >= 15 is 14.4 Å². The van der Waals surface area contributed by atoms with Crippen LogP contribution < -0.4 is 26.6 Å². The van der Waals surface area contributed by atoms with Crippen LogP contribution >= 0.6 is 0 Å². The molecule has 604 valence electrons. The van der Waals surface area contributed by atoms with Gasteiger partial charge in [0, 0.05) is 100 Å². The number of hydrogen-bond acceptors (Lipinski definition) is 16. The second-order valence-electron chi connectivity index (χ2n) is 32.3. The van der Waals surface area contributed by atoms with Gasteiger partial charge in [-0.3, -0.25) is 28.8 Å². The fourth-order valence-electron chi connectivity index (χ4n) is 17.2. The summed E-state index contributed by atoms with van der Waals surface area (Å²) in [4.78, 5) is 131. The van der Waals surface area contributed by atoms with Crippen molar-refractivity contribution in [1.82, 2.24) is 60.9 Å². The van der Waals surface area contributed by atoms with Crippen LogP contribution in [-0.4, -0.2) is 291 Å². The van der Waals surface area contributed by atoms with Gasteiger partial charge in [-0.15, -0.1) is 0 Å². The molecular formula is C81H136N12O14. The molecule has 0 saturated carbocycles. The average Bonchev–Trinajstić information content (AvgIpc) is 1.09. The molecule has 0 bridgehead atoms. The maximum absolute atomic E-state index is 15.8. The molecule has 10 amide bonds. The van der Waals surface area contributed by atoms with Crippen LogP contribution in [0.5, 0.6) is 0 Å². The highest BCUT2D eigenvalue weighted by Gasteiger charge is 2.48. The maximum atomic E-state index is 15.8. The second-order valence-corrected chi connectivity index (χ2v) is 32.3. The summed E-state index contributed by atoms with van der Waals surface area (Å²) in [6.45, 7) is 26.3. The van der Waals surface area contributed by atoms with Crippen molar-refractivity contribution in [1.29, 1.82) is 0 Å². The monoisotopic (exact) mass is 1500 g/mol. The molecule has 0 radical (unpaired) electrons. The molecule has 4 fully saturated rings. The zero-order valence-corrected chi connectivity index (χ0v) is 68.1. The predicted molar refractivity (Wildman–Crippen MR) is 415 cm³/mol. The molecule has 1 unspecified atom stereocenters. The number of piperazine rings is 2. The number of aliphatic hydroxyl groups excluding tert-OH is 2. The first-order valence-corrected chi connectivity index (χ1v) is 39.6. The van der Waals surface area contributed by atoms with E-state index in [-0.39, 0.29) is 97.4 Å². The standard InChI is InChI=1S/C81H136N12O14/c1-20-52(5)71(65(104-16)44-67(96)90-39-28-34-63(90)73(106-18)56(9)75(98)83-60(48-94)42-58-30-24-22-25-31-58)88(14)77(100)69(51(3)4)85-80(103)93-55(8)46-87(13)47-62(93)37-36-54(7)70(86-79(102)92-41-38-82-50-81(92,11)12)78(101)89(15)72(53(6)21-2)66(105-17)45-68(97)91-40-29-35-64(91)74(107-19)57(10)76(99)84-61(49-95)43-59-32-26-23-27-33-59/h22-27,30-33,51-57,60-66,69-74,82,94-95H,20-21,28-29,34-50H2,1-19H3,(H,83,98)(H,84,99)(H,85,103)(H,86,102)/t52-,53-,54?,55-,56+,57+,60-,61-,62+,63-,64-,65+,66+,69-,70-,71-,72-,73+,74+/m0/s1. The summed E-state index contributed by atoms with van der Waals surface area (Å²) in [5.74, 6) is -4.20. The number of carbonyl (C=O) groups is 8. The molecule has 6 rings (SSSR count). The zero-order valence-electron chi connectivity index (χ0n) is 68.1. The largest absolute Gasteiger partial charge is 0.394 e. The van der Waals surface area contributed by atoms with Crippen molar-refractivity contribution >= 4 is 47.5 Å². The third-order valence-corrected chi connectivity index (χ3v) is 23.8. The number of urea groups is 2. The fraction of sp³-hybridized carbons (Fsp3) is 0.753. The summed E-state index contributed by atoms with van der Waals surface area (Å²) < 4.78 is 24.6. The molecule has 19 atom stereocenters. The molecule has 4 heterocycles. The van der Waals surface area contributed by atoms with Crippen molar-refractivity contribution in [2.24, 2.45) is 35.5 Å². The molecule has 0 aliphatic carbocycles. The predicted octanol–water partition coefficient (Wildman–Crippen LogP) is 6.18. The highest BCUT2D eigenvalue weighted by atomic mass is 16.5. The van der Waals surface area contributed by atoms with Gasteiger partial charge in [-0.2, -0.15) is 0 Å². The molecule has 0 spiro atoms. The highest BCUT2D eigenvalue weighted by Crippen LogP contribution is 2.34. The number of likely N-dealkylation sites (N-methyl/N-ethyl adjacent to an activating group) is 3. The highest BCUT2D eigenvalue weighted by molar-refractivity contribution is 5.89. The third-order valence-electron chi connectivity index (χ3n) is 23.8. The first-order chi connectivity index (χ1) is 50.9. The molecule has 26 heteroatoms. The van der Waals surface area contributed by atoms with E-state index in [1.165, 1.54) is 0 Å². The molecule has 2 aromatic rings. The summed E-state index contributed by atoms with van der Waals surface area (Å²) in [5.41, 5.74) is 1.37. The Hall–Kier alpha value is -6.52. The Labute approximate surface area is 639 Å². The minimum Gasteiger partial charge on any atom is -0.394 e. The molecule has 26 nitrogen and oxygen atoms in total. The van der Waals surface area contributed by atoms with E-state index in [0.717, 1.165) is 11.1 Å². The van der Waals surface area contributed by atoms with Crippen LogP contribution in [0.3, 0.4) is 0 Å². The lowest BCUT2D eigenvalue weighted by molar-refractivity contribution is -0.147. The van der Waals surface area contributed by atoms with Crippen LogP contribution in [0.25, 0.3) is 0 Å².